The molecule has 2 N–H and O–H groups in total. The lowest BCUT2D eigenvalue weighted by Gasteiger charge is -2.12. The Kier molecular flexibility index (Phi) is 7.26. The second kappa shape index (κ2) is 12.4. The van der Waals surface area contributed by atoms with Crippen molar-refractivity contribution in [2.45, 2.75) is 6.42 Å². The Morgan fingerprint density at radius 3 is 1.98 bits per heavy atom. The van der Waals surface area contributed by atoms with Crippen molar-refractivity contribution in [3.05, 3.63) is 199 Å². The molecule has 0 saturated heterocycles. The van der Waals surface area contributed by atoms with Gasteiger partial charge in [-0.05, 0) is 75.2 Å². The van der Waals surface area contributed by atoms with Crippen LogP contribution in [0.4, 0.5) is 0 Å². The number of aromatic nitrogens is 1. The molecule has 0 aliphatic carbocycles. The third-order valence-electron chi connectivity index (χ3n) is 10.4. The molecular formula is C49H34N2S. The van der Waals surface area contributed by atoms with Crippen molar-refractivity contribution >= 4 is 86.1 Å². The Balaban J connectivity index is 1.16. The van der Waals surface area contributed by atoms with E-state index in [1.54, 1.807) is 0 Å². The lowest BCUT2D eigenvalue weighted by atomic mass is 9.95. The summed E-state index contributed by atoms with van der Waals surface area (Å²) >= 11 is 1.91. The zero-order valence-electron chi connectivity index (χ0n) is 28.5. The van der Waals surface area contributed by atoms with Crippen molar-refractivity contribution in [3.8, 4) is 5.69 Å². The monoisotopic (exact) mass is 682 g/mol. The van der Waals surface area contributed by atoms with Crippen LogP contribution in [0, 0.1) is 0 Å². The number of para-hydroxylation sites is 1. The maximum Gasteiger partial charge on any atom is 0.0640 e. The van der Waals surface area contributed by atoms with Gasteiger partial charge in [-0.15, -0.1) is 11.3 Å². The summed E-state index contributed by atoms with van der Waals surface area (Å²) in [6, 6.07) is 61.1. The van der Waals surface area contributed by atoms with E-state index in [9.17, 15) is 0 Å². The lowest BCUT2D eigenvalue weighted by molar-refractivity contribution is 1.17. The molecule has 10 rings (SSSR count). The second-order valence-electron chi connectivity index (χ2n) is 13.4. The predicted octanol–water partition coefficient (Wildman–Crippen LogP) is 13.1. The average molecular weight is 683 g/mol. The van der Waals surface area contributed by atoms with Gasteiger partial charge in [0.05, 0.1) is 11.0 Å². The molecule has 0 aliphatic heterocycles. The van der Waals surface area contributed by atoms with Gasteiger partial charge in [-0.2, -0.15) is 0 Å². The molecule has 0 bridgehead atoms. The molecule has 2 aromatic heterocycles. The smallest absolute Gasteiger partial charge is 0.0640 e. The molecule has 52 heavy (non-hydrogen) atoms. The van der Waals surface area contributed by atoms with Crippen LogP contribution in [0.3, 0.4) is 0 Å². The Bertz CT molecular complexity index is 3020. The van der Waals surface area contributed by atoms with E-state index in [1.807, 2.05) is 29.5 Å². The molecule has 8 aromatic carbocycles. The summed E-state index contributed by atoms with van der Waals surface area (Å²) in [7, 11) is 0. The van der Waals surface area contributed by atoms with Crippen LogP contribution in [0.2, 0.25) is 0 Å². The van der Waals surface area contributed by atoms with Gasteiger partial charge in [-0.25, -0.2) is 0 Å². The zero-order chi connectivity index (χ0) is 34.6. The molecule has 0 aliphatic rings. The van der Waals surface area contributed by atoms with Gasteiger partial charge in [0.1, 0.15) is 0 Å². The van der Waals surface area contributed by atoms with Crippen LogP contribution in [0.5, 0.6) is 0 Å². The van der Waals surface area contributed by atoms with Gasteiger partial charge < -0.3 is 10.3 Å². The largest absolute Gasteiger partial charge is 0.398 e. The Morgan fingerprint density at radius 2 is 1.19 bits per heavy atom. The number of rotatable bonds is 6. The van der Waals surface area contributed by atoms with Gasteiger partial charge in [-0.3, -0.25) is 0 Å². The highest BCUT2D eigenvalue weighted by molar-refractivity contribution is 7.27. The fourth-order valence-electron chi connectivity index (χ4n) is 7.98. The molecule has 10 aromatic rings. The molecule has 0 amide bonds. The van der Waals surface area contributed by atoms with Crippen molar-refractivity contribution < 1.29 is 0 Å². The van der Waals surface area contributed by atoms with Crippen LogP contribution < -0.4 is 5.73 Å². The molecule has 0 spiro atoms. The molecule has 0 saturated carbocycles. The maximum absolute atomic E-state index is 6.61. The van der Waals surface area contributed by atoms with Crippen LogP contribution in [0.1, 0.15) is 16.7 Å². The van der Waals surface area contributed by atoms with Crippen LogP contribution in [0.25, 0.3) is 80.5 Å². The number of benzene rings is 8. The number of hydrogen-bond donors (Lipinski definition) is 1. The summed E-state index contributed by atoms with van der Waals surface area (Å²) in [6.45, 7) is 0. The highest BCUT2D eigenvalue weighted by Crippen LogP contribution is 2.49. The second-order valence-corrected chi connectivity index (χ2v) is 14.5. The molecule has 246 valence electrons. The standard InChI is InChI=1S/C49H34N2S/c50-42(35-16-5-2-6-17-35)31-36(33-13-3-1-4-14-33)26-23-32-24-28-37(29-25-32)51-43-21-11-9-19-39(43)45-41-30-27-34-15-7-8-18-38(34)46(41)49-47(48(45)51)40-20-10-12-22-44(40)52-49/h1-22,24-31H,23,50H2/b36-26+,42-31-. The Labute approximate surface area is 306 Å². The molecule has 0 radical (unpaired) electrons. The summed E-state index contributed by atoms with van der Waals surface area (Å²) in [5.41, 5.74) is 15.5. The quantitative estimate of drug-likeness (QED) is 0.137. The number of thiophene rings is 1. The third-order valence-corrected chi connectivity index (χ3v) is 11.6. The van der Waals surface area contributed by atoms with Crippen molar-refractivity contribution in [1.29, 1.82) is 0 Å². The molecule has 0 fully saturated rings. The Morgan fingerprint density at radius 1 is 0.538 bits per heavy atom. The molecule has 2 nitrogen and oxygen atoms in total. The third kappa shape index (κ3) is 4.93. The van der Waals surface area contributed by atoms with Gasteiger partial charge in [0.15, 0.2) is 0 Å². The highest BCUT2D eigenvalue weighted by Gasteiger charge is 2.22. The van der Waals surface area contributed by atoms with Gasteiger partial charge in [0, 0.05) is 47.7 Å². The minimum Gasteiger partial charge on any atom is -0.398 e. The van der Waals surface area contributed by atoms with Gasteiger partial charge in [0.25, 0.3) is 0 Å². The average Bonchev–Trinajstić information content (AvgIpc) is 3.76. The van der Waals surface area contributed by atoms with Crippen molar-refractivity contribution in [2.75, 3.05) is 0 Å². The highest BCUT2D eigenvalue weighted by atomic mass is 32.1. The molecular weight excluding hydrogens is 649 g/mol. The topological polar surface area (TPSA) is 30.9 Å². The minimum absolute atomic E-state index is 0.755. The first-order chi connectivity index (χ1) is 25.7. The van der Waals surface area contributed by atoms with Crippen molar-refractivity contribution in [2.24, 2.45) is 5.73 Å². The summed E-state index contributed by atoms with van der Waals surface area (Å²) in [6.07, 6.45) is 5.17. The SMILES string of the molecule is N/C(=C\C(=C/Cc1ccc(-n2c3ccccc3c3c4ccc5ccccc5c4c4sc5ccccc5c4c32)cc1)c1ccccc1)c1ccccc1. The summed E-state index contributed by atoms with van der Waals surface area (Å²) in [5.74, 6) is 0. The molecule has 0 atom stereocenters. The zero-order valence-corrected chi connectivity index (χ0v) is 29.3. The fraction of sp³-hybridized carbons (Fsp3) is 0.0204. The Hall–Kier alpha value is -6.42. The predicted molar refractivity (Wildman–Crippen MR) is 225 cm³/mol. The number of hydrogen-bond acceptors (Lipinski definition) is 2. The first-order valence-electron chi connectivity index (χ1n) is 17.8. The maximum atomic E-state index is 6.61. The fourth-order valence-corrected chi connectivity index (χ4v) is 9.26. The van der Waals surface area contributed by atoms with E-state index in [0.29, 0.717) is 0 Å². The van der Waals surface area contributed by atoms with E-state index >= 15 is 0 Å². The molecule has 2 heterocycles. The van der Waals surface area contributed by atoms with E-state index < -0.39 is 0 Å². The van der Waals surface area contributed by atoms with E-state index in [1.165, 1.54) is 69.1 Å². The normalized spacial score (nSPS) is 12.6. The van der Waals surface area contributed by atoms with Crippen molar-refractivity contribution in [1.82, 2.24) is 4.57 Å². The minimum atomic E-state index is 0.755. The van der Waals surface area contributed by atoms with Gasteiger partial charge in [0.2, 0.25) is 0 Å². The van der Waals surface area contributed by atoms with Crippen LogP contribution in [0.15, 0.2) is 182 Å². The number of nitrogens with two attached hydrogens (primary N) is 1. The molecule has 0 unspecified atom stereocenters. The van der Waals surface area contributed by atoms with Gasteiger partial charge in [-0.1, -0.05) is 152 Å². The van der Waals surface area contributed by atoms with Crippen LogP contribution in [-0.4, -0.2) is 4.57 Å². The van der Waals surface area contributed by atoms with Crippen LogP contribution in [-0.2, 0) is 6.42 Å². The number of nitrogens with zero attached hydrogens (tertiary/aromatic N) is 1. The van der Waals surface area contributed by atoms with Crippen molar-refractivity contribution in [3.63, 3.8) is 0 Å². The number of fused-ring (bicyclic) bond motifs is 12. The summed E-state index contributed by atoms with van der Waals surface area (Å²) in [5, 5.41) is 10.5. The van der Waals surface area contributed by atoms with E-state index in [4.69, 9.17) is 5.73 Å². The lowest BCUT2D eigenvalue weighted by Crippen LogP contribution is -1.97. The first kappa shape index (κ1) is 30.4. The van der Waals surface area contributed by atoms with E-state index in [-0.39, 0.29) is 0 Å². The summed E-state index contributed by atoms with van der Waals surface area (Å²) in [4.78, 5) is 0. The van der Waals surface area contributed by atoms with Gasteiger partial charge >= 0.3 is 0 Å². The first-order valence-corrected chi connectivity index (χ1v) is 18.6. The number of allylic oxidation sites excluding steroid dienone is 3. The van der Waals surface area contributed by atoms with Crippen LogP contribution >= 0.6 is 11.3 Å². The van der Waals surface area contributed by atoms with E-state index in [2.05, 4.69) is 168 Å². The van der Waals surface area contributed by atoms with E-state index in [0.717, 1.165) is 34.5 Å². The summed E-state index contributed by atoms with van der Waals surface area (Å²) < 4.78 is 5.16. The molecule has 3 heteroatoms.